The standard InChI is InChI=1S/C16H25N5O/c17-15(18)21(11-5-7-13-6-4-10-19-12-13)16(22)20-14-8-2-1-3-9-14/h4,6,10,12,14H,1-3,5,7-9,11H2,(H3,17,18)(H,20,22). The van der Waals surface area contributed by atoms with Crippen LogP contribution < -0.4 is 11.1 Å². The maximum absolute atomic E-state index is 12.3. The van der Waals surface area contributed by atoms with Gasteiger partial charge in [0.1, 0.15) is 0 Å². The molecule has 1 aromatic heterocycles. The van der Waals surface area contributed by atoms with Crippen molar-refractivity contribution >= 4 is 12.0 Å². The quantitative estimate of drug-likeness (QED) is 0.575. The van der Waals surface area contributed by atoms with Gasteiger partial charge in [0.05, 0.1) is 0 Å². The molecule has 22 heavy (non-hydrogen) atoms. The van der Waals surface area contributed by atoms with E-state index in [0.717, 1.165) is 44.1 Å². The van der Waals surface area contributed by atoms with Gasteiger partial charge in [-0.15, -0.1) is 0 Å². The average molecular weight is 303 g/mol. The lowest BCUT2D eigenvalue weighted by Gasteiger charge is -2.27. The molecule has 2 amide bonds. The van der Waals surface area contributed by atoms with Crippen molar-refractivity contribution in [3.8, 4) is 0 Å². The van der Waals surface area contributed by atoms with Crippen LogP contribution in [0.1, 0.15) is 44.1 Å². The first-order valence-corrected chi connectivity index (χ1v) is 7.98. The molecule has 0 unspecified atom stereocenters. The normalized spacial score (nSPS) is 15.3. The zero-order valence-corrected chi connectivity index (χ0v) is 12.9. The van der Waals surface area contributed by atoms with Gasteiger partial charge in [-0.05, 0) is 37.3 Å². The van der Waals surface area contributed by atoms with Crippen molar-refractivity contribution in [2.75, 3.05) is 6.54 Å². The fourth-order valence-corrected chi connectivity index (χ4v) is 2.82. The van der Waals surface area contributed by atoms with E-state index in [4.69, 9.17) is 11.1 Å². The molecule has 1 aromatic rings. The number of rotatable bonds is 5. The fraction of sp³-hybridized carbons (Fsp3) is 0.562. The Morgan fingerprint density at radius 3 is 2.82 bits per heavy atom. The van der Waals surface area contributed by atoms with Gasteiger partial charge in [-0.2, -0.15) is 0 Å². The van der Waals surface area contributed by atoms with Gasteiger partial charge in [0.15, 0.2) is 5.96 Å². The van der Waals surface area contributed by atoms with Crippen molar-refractivity contribution < 1.29 is 4.79 Å². The van der Waals surface area contributed by atoms with Gasteiger partial charge >= 0.3 is 6.03 Å². The van der Waals surface area contributed by atoms with E-state index < -0.39 is 0 Å². The first-order chi connectivity index (χ1) is 10.7. The number of pyridine rings is 1. The predicted molar refractivity (Wildman–Crippen MR) is 86.6 cm³/mol. The van der Waals surface area contributed by atoms with Crippen LogP contribution in [-0.4, -0.2) is 34.5 Å². The second kappa shape index (κ2) is 8.36. The Labute approximate surface area is 131 Å². The molecule has 1 heterocycles. The molecule has 0 atom stereocenters. The Morgan fingerprint density at radius 1 is 1.41 bits per heavy atom. The zero-order valence-electron chi connectivity index (χ0n) is 12.9. The lowest BCUT2D eigenvalue weighted by atomic mass is 9.96. The highest BCUT2D eigenvalue weighted by atomic mass is 16.2. The van der Waals surface area contributed by atoms with Gasteiger partial charge in [-0.3, -0.25) is 15.3 Å². The van der Waals surface area contributed by atoms with Crippen LogP contribution in [0.5, 0.6) is 0 Å². The molecule has 120 valence electrons. The average Bonchev–Trinajstić information content (AvgIpc) is 2.53. The second-order valence-corrected chi connectivity index (χ2v) is 5.79. The minimum atomic E-state index is -0.245. The van der Waals surface area contributed by atoms with Gasteiger partial charge in [0.2, 0.25) is 0 Å². The van der Waals surface area contributed by atoms with E-state index in [1.165, 1.54) is 11.3 Å². The van der Waals surface area contributed by atoms with E-state index in [0.29, 0.717) is 6.54 Å². The van der Waals surface area contributed by atoms with Gasteiger partial charge in [-0.25, -0.2) is 4.79 Å². The third-order valence-electron chi connectivity index (χ3n) is 4.04. The smallest absolute Gasteiger partial charge is 0.324 e. The maximum Gasteiger partial charge on any atom is 0.324 e. The number of hydrogen-bond donors (Lipinski definition) is 3. The van der Waals surface area contributed by atoms with Crippen molar-refractivity contribution in [3.63, 3.8) is 0 Å². The van der Waals surface area contributed by atoms with Crippen LogP contribution in [-0.2, 0) is 6.42 Å². The van der Waals surface area contributed by atoms with Crippen LogP contribution in [0.25, 0.3) is 0 Å². The zero-order chi connectivity index (χ0) is 15.8. The van der Waals surface area contributed by atoms with Gasteiger partial charge < -0.3 is 11.1 Å². The number of nitrogens with one attached hydrogen (secondary N) is 2. The summed E-state index contributed by atoms with van der Waals surface area (Å²) in [7, 11) is 0. The topological polar surface area (TPSA) is 95.1 Å². The highest BCUT2D eigenvalue weighted by molar-refractivity contribution is 5.93. The molecule has 0 aliphatic heterocycles. The minimum Gasteiger partial charge on any atom is -0.370 e. The van der Waals surface area contributed by atoms with Crippen LogP contribution in [0.4, 0.5) is 4.79 Å². The van der Waals surface area contributed by atoms with Gasteiger partial charge in [-0.1, -0.05) is 25.3 Å². The molecular formula is C16H25N5O. The molecule has 1 saturated carbocycles. The molecule has 1 aliphatic rings. The Balaban J connectivity index is 1.80. The number of nitrogens with zero attached hydrogens (tertiary/aromatic N) is 2. The monoisotopic (exact) mass is 303 g/mol. The molecule has 6 nitrogen and oxygen atoms in total. The summed E-state index contributed by atoms with van der Waals surface area (Å²) < 4.78 is 0. The van der Waals surface area contributed by atoms with E-state index >= 15 is 0 Å². The summed E-state index contributed by atoms with van der Waals surface area (Å²) in [6, 6.07) is 3.88. The predicted octanol–water partition coefficient (Wildman–Crippen LogP) is 2.25. The third kappa shape index (κ3) is 5.02. The van der Waals surface area contributed by atoms with Crippen LogP contribution in [0.3, 0.4) is 0 Å². The van der Waals surface area contributed by atoms with Crippen LogP contribution in [0, 0.1) is 5.41 Å². The van der Waals surface area contributed by atoms with Crippen LogP contribution >= 0.6 is 0 Å². The van der Waals surface area contributed by atoms with E-state index in [2.05, 4.69) is 10.3 Å². The Kier molecular flexibility index (Phi) is 6.18. The molecule has 0 bridgehead atoms. The summed E-state index contributed by atoms with van der Waals surface area (Å²) in [5.41, 5.74) is 6.68. The van der Waals surface area contributed by atoms with Crippen molar-refractivity contribution in [3.05, 3.63) is 30.1 Å². The number of hydrogen-bond acceptors (Lipinski definition) is 3. The number of aryl methyl sites for hydroxylation is 1. The fourth-order valence-electron chi connectivity index (χ4n) is 2.82. The first kappa shape index (κ1) is 16.3. The molecule has 1 aliphatic carbocycles. The Hall–Kier alpha value is -2.11. The van der Waals surface area contributed by atoms with E-state index in [9.17, 15) is 4.79 Å². The number of carbonyl (C=O) groups is 1. The summed E-state index contributed by atoms with van der Waals surface area (Å²) in [6.07, 6.45) is 10.7. The number of carbonyl (C=O) groups excluding carboxylic acids is 1. The summed E-state index contributed by atoms with van der Waals surface area (Å²) in [4.78, 5) is 17.7. The van der Waals surface area contributed by atoms with Crippen molar-refractivity contribution in [2.45, 2.75) is 51.0 Å². The molecule has 4 N–H and O–H groups in total. The molecule has 2 rings (SSSR count). The molecule has 1 fully saturated rings. The van der Waals surface area contributed by atoms with E-state index in [1.807, 2.05) is 18.3 Å². The summed E-state index contributed by atoms with van der Waals surface area (Å²) >= 11 is 0. The lowest BCUT2D eigenvalue weighted by molar-refractivity contribution is 0.211. The first-order valence-electron chi connectivity index (χ1n) is 7.98. The highest BCUT2D eigenvalue weighted by Gasteiger charge is 2.21. The number of aromatic nitrogens is 1. The number of guanidine groups is 1. The molecule has 0 aromatic carbocycles. The summed E-state index contributed by atoms with van der Waals surface area (Å²) in [5, 5.41) is 10.6. The van der Waals surface area contributed by atoms with Crippen LogP contribution in [0.15, 0.2) is 24.5 Å². The number of nitrogens with two attached hydrogens (primary N) is 1. The van der Waals surface area contributed by atoms with E-state index in [-0.39, 0.29) is 18.0 Å². The van der Waals surface area contributed by atoms with E-state index in [1.54, 1.807) is 6.20 Å². The van der Waals surface area contributed by atoms with Crippen LogP contribution in [0.2, 0.25) is 0 Å². The summed E-state index contributed by atoms with van der Waals surface area (Å²) in [5.74, 6) is -0.195. The minimum absolute atomic E-state index is 0.195. The lowest BCUT2D eigenvalue weighted by Crippen LogP contribution is -2.50. The second-order valence-electron chi connectivity index (χ2n) is 5.79. The van der Waals surface area contributed by atoms with Gasteiger partial charge in [0.25, 0.3) is 0 Å². The SMILES string of the molecule is N=C(N)N(CCCc1cccnc1)C(=O)NC1CCCCC1. The molecule has 6 heteroatoms. The van der Waals surface area contributed by atoms with Crippen molar-refractivity contribution in [1.29, 1.82) is 5.41 Å². The summed E-state index contributed by atoms with van der Waals surface area (Å²) in [6.45, 7) is 0.447. The number of amides is 2. The molecule has 0 saturated heterocycles. The molecule has 0 radical (unpaired) electrons. The van der Waals surface area contributed by atoms with Crippen molar-refractivity contribution in [2.24, 2.45) is 5.73 Å². The Morgan fingerprint density at radius 2 is 2.18 bits per heavy atom. The number of urea groups is 1. The molecule has 0 spiro atoms. The highest BCUT2D eigenvalue weighted by Crippen LogP contribution is 2.17. The van der Waals surface area contributed by atoms with Crippen molar-refractivity contribution in [1.82, 2.24) is 15.2 Å². The third-order valence-corrected chi connectivity index (χ3v) is 4.04. The maximum atomic E-state index is 12.3. The largest absolute Gasteiger partial charge is 0.370 e. The Bertz CT molecular complexity index is 485. The van der Waals surface area contributed by atoms with Gasteiger partial charge in [0, 0.05) is 25.0 Å². The molecular weight excluding hydrogens is 278 g/mol.